The molecule has 4 aliphatic heterocycles. The fourth-order valence-electron chi connectivity index (χ4n) is 3.93. The zero-order valence-electron chi connectivity index (χ0n) is 12.2. The summed E-state index contributed by atoms with van der Waals surface area (Å²) in [5.41, 5.74) is 0.846. The Morgan fingerprint density at radius 1 is 1.32 bits per heavy atom. The maximum absolute atomic E-state index is 6.29. The fourth-order valence-corrected chi connectivity index (χ4v) is 4.72. The number of hydrogen-bond acceptors (Lipinski definition) is 7. The van der Waals surface area contributed by atoms with Crippen LogP contribution >= 0.6 is 11.3 Å². The van der Waals surface area contributed by atoms with Crippen LogP contribution in [0.15, 0.2) is 22.8 Å². The molecular formula is C15H17N5OS. The number of anilines is 1. The minimum absolute atomic E-state index is 0.111. The van der Waals surface area contributed by atoms with Crippen LogP contribution in [0.3, 0.4) is 0 Å². The van der Waals surface area contributed by atoms with Gasteiger partial charge in [-0.25, -0.2) is 15.0 Å². The molecule has 6 rings (SSSR count). The van der Waals surface area contributed by atoms with Gasteiger partial charge >= 0.3 is 0 Å². The van der Waals surface area contributed by atoms with Crippen LogP contribution in [0.1, 0.15) is 12.8 Å². The lowest BCUT2D eigenvalue weighted by molar-refractivity contribution is -0.0829. The second kappa shape index (κ2) is 4.63. The van der Waals surface area contributed by atoms with E-state index in [0.717, 1.165) is 29.1 Å². The summed E-state index contributed by atoms with van der Waals surface area (Å²) in [6.07, 6.45) is 4.04. The monoisotopic (exact) mass is 315 g/mol. The number of fused-ring (bicyclic) bond motifs is 3. The van der Waals surface area contributed by atoms with E-state index < -0.39 is 0 Å². The molecule has 2 aromatic heterocycles. The number of aromatic nitrogens is 2. The van der Waals surface area contributed by atoms with Gasteiger partial charge in [0.25, 0.3) is 6.02 Å². The number of hydrogen-bond donors (Lipinski definition) is 1. The first-order valence-corrected chi connectivity index (χ1v) is 8.61. The second-order valence-corrected chi connectivity index (χ2v) is 7.24. The lowest BCUT2D eigenvalue weighted by atomic mass is 9.75. The van der Waals surface area contributed by atoms with Gasteiger partial charge in [0, 0.05) is 12.5 Å². The summed E-state index contributed by atoms with van der Waals surface area (Å²) >= 11 is 1.63. The Morgan fingerprint density at radius 2 is 2.23 bits per heavy atom. The molecule has 1 spiro atoms. The number of nitrogens with one attached hydrogen (secondary N) is 1. The minimum Gasteiger partial charge on any atom is -0.455 e. The summed E-state index contributed by atoms with van der Waals surface area (Å²) in [6, 6.07) is 2.61. The van der Waals surface area contributed by atoms with Crippen molar-refractivity contribution in [1.82, 2.24) is 14.9 Å². The van der Waals surface area contributed by atoms with Crippen LogP contribution in [0, 0.1) is 5.92 Å². The van der Waals surface area contributed by atoms with Gasteiger partial charge in [-0.05, 0) is 37.4 Å². The molecule has 0 aromatic carbocycles. The molecule has 3 fully saturated rings. The Balaban J connectivity index is 1.39. The molecule has 114 valence electrons. The first kappa shape index (κ1) is 12.8. The topological polar surface area (TPSA) is 62.6 Å². The first-order valence-electron chi connectivity index (χ1n) is 7.73. The van der Waals surface area contributed by atoms with E-state index in [-0.39, 0.29) is 5.60 Å². The van der Waals surface area contributed by atoms with Crippen LogP contribution in [-0.4, -0.2) is 52.7 Å². The van der Waals surface area contributed by atoms with Crippen LogP contribution in [-0.2, 0) is 4.74 Å². The Bertz CT molecular complexity index is 751. The Kier molecular flexibility index (Phi) is 2.69. The lowest BCUT2D eigenvalue weighted by Gasteiger charge is -2.50. The number of aliphatic imine (C=N–C) groups is 1. The van der Waals surface area contributed by atoms with E-state index >= 15 is 0 Å². The predicted molar refractivity (Wildman–Crippen MR) is 86.3 cm³/mol. The zero-order valence-corrected chi connectivity index (χ0v) is 13.0. The minimum atomic E-state index is -0.111. The summed E-state index contributed by atoms with van der Waals surface area (Å²) in [4.78, 5) is 15.7. The Hall–Kier alpha value is -1.73. The summed E-state index contributed by atoms with van der Waals surface area (Å²) in [6.45, 7) is 4.18. The molecule has 2 bridgehead atoms. The van der Waals surface area contributed by atoms with E-state index in [2.05, 4.69) is 25.2 Å². The lowest BCUT2D eigenvalue weighted by Crippen LogP contribution is -2.61. The van der Waals surface area contributed by atoms with E-state index in [0.29, 0.717) is 11.9 Å². The molecule has 0 unspecified atom stereocenters. The van der Waals surface area contributed by atoms with Gasteiger partial charge in [0.1, 0.15) is 11.9 Å². The molecule has 6 nitrogen and oxygen atoms in total. The molecule has 0 saturated carbocycles. The van der Waals surface area contributed by atoms with Crippen LogP contribution < -0.4 is 5.32 Å². The molecule has 4 aliphatic rings. The summed E-state index contributed by atoms with van der Waals surface area (Å²) < 4.78 is 7.34. The molecule has 3 saturated heterocycles. The highest BCUT2D eigenvalue weighted by Crippen LogP contribution is 2.41. The van der Waals surface area contributed by atoms with Crippen molar-refractivity contribution in [2.24, 2.45) is 10.9 Å². The third-order valence-electron chi connectivity index (χ3n) is 5.08. The van der Waals surface area contributed by atoms with Crippen molar-refractivity contribution >= 4 is 33.4 Å². The molecule has 7 heteroatoms. The van der Waals surface area contributed by atoms with Crippen molar-refractivity contribution < 1.29 is 4.74 Å². The first-order chi connectivity index (χ1) is 10.8. The number of piperidine rings is 3. The average Bonchev–Trinajstić information content (AvgIpc) is 3.17. The molecule has 0 radical (unpaired) electrons. The van der Waals surface area contributed by atoms with E-state index in [1.165, 1.54) is 25.9 Å². The SMILES string of the molecule is c1nc(NC2=NC[C@@]3(CN4CCC3CC4)O2)c2sccc2n1. The van der Waals surface area contributed by atoms with Crippen molar-refractivity contribution in [3.8, 4) is 0 Å². The molecule has 2 aromatic rings. The fraction of sp³-hybridized carbons (Fsp3) is 0.533. The van der Waals surface area contributed by atoms with Crippen LogP contribution in [0.4, 0.5) is 5.82 Å². The smallest absolute Gasteiger partial charge is 0.291 e. The van der Waals surface area contributed by atoms with Crippen LogP contribution in [0.25, 0.3) is 10.2 Å². The predicted octanol–water partition coefficient (Wildman–Crippen LogP) is 1.95. The Labute approximate surface area is 132 Å². The van der Waals surface area contributed by atoms with Gasteiger partial charge in [0.05, 0.1) is 16.8 Å². The van der Waals surface area contributed by atoms with Gasteiger partial charge in [-0.15, -0.1) is 11.3 Å². The largest absolute Gasteiger partial charge is 0.455 e. The summed E-state index contributed by atoms with van der Waals surface area (Å²) in [7, 11) is 0. The number of thiophene rings is 1. The highest BCUT2D eigenvalue weighted by Gasteiger charge is 2.51. The molecule has 1 atom stereocenters. The summed E-state index contributed by atoms with van der Waals surface area (Å²) in [5, 5.41) is 5.29. The van der Waals surface area contributed by atoms with Gasteiger partial charge in [-0.3, -0.25) is 10.2 Å². The van der Waals surface area contributed by atoms with Crippen LogP contribution in [0.5, 0.6) is 0 Å². The average molecular weight is 315 g/mol. The molecule has 0 amide bonds. The quantitative estimate of drug-likeness (QED) is 0.871. The van der Waals surface area contributed by atoms with Crippen molar-refractivity contribution in [3.05, 3.63) is 17.8 Å². The molecule has 22 heavy (non-hydrogen) atoms. The second-order valence-electron chi connectivity index (χ2n) is 6.32. The number of ether oxygens (including phenoxy) is 1. The van der Waals surface area contributed by atoms with E-state index in [1.807, 2.05) is 11.4 Å². The molecule has 6 heterocycles. The molecule has 0 aliphatic carbocycles. The third kappa shape index (κ3) is 1.85. The van der Waals surface area contributed by atoms with Gasteiger partial charge in [-0.2, -0.15) is 0 Å². The summed E-state index contributed by atoms with van der Waals surface area (Å²) in [5.74, 6) is 1.42. The highest BCUT2D eigenvalue weighted by molar-refractivity contribution is 7.17. The molecule has 1 N–H and O–H groups in total. The standard InChI is InChI=1S/C15H17N5OS/c1-4-20-5-2-10(1)15(8-20)7-16-14(21-15)19-13-12-11(3-6-22-12)17-9-18-13/h3,6,9-10H,1-2,4-5,7-8H2,(H,16,17,18,19)/t15-/m0/s1. The van der Waals surface area contributed by atoms with Crippen molar-refractivity contribution in [2.75, 3.05) is 31.5 Å². The van der Waals surface area contributed by atoms with Gasteiger partial charge in [0.15, 0.2) is 5.82 Å². The maximum atomic E-state index is 6.29. The van der Waals surface area contributed by atoms with E-state index in [1.54, 1.807) is 17.7 Å². The maximum Gasteiger partial charge on any atom is 0.291 e. The van der Waals surface area contributed by atoms with Gasteiger partial charge in [0.2, 0.25) is 0 Å². The van der Waals surface area contributed by atoms with Gasteiger partial charge < -0.3 is 4.74 Å². The number of rotatable bonds is 1. The van der Waals surface area contributed by atoms with E-state index in [9.17, 15) is 0 Å². The van der Waals surface area contributed by atoms with Crippen molar-refractivity contribution in [2.45, 2.75) is 18.4 Å². The number of nitrogens with zero attached hydrogens (tertiary/aromatic N) is 4. The highest BCUT2D eigenvalue weighted by atomic mass is 32.1. The number of amidine groups is 1. The van der Waals surface area contributed by atoms with Crippen LogP contribution in [0.2, 0.25) is 0 Å². The van der Waals surface area contributed by atoms with Crippen molar-refractivity contribution in [1.29, 1.82) is 0 Å². The van der Waals surface area contributed by atoms with Gasteiger partial charge in [-0.1, -0.05) is 0 Å². The third-order valence-corrected chi connectivity index (χ3v) is 5.99. The van der Waals surface area contributed by atoms with E-state index in [4.69, 9.17) is 4.74 Å². The molecular weight excluding hydrogens is 298 g/mol. The zero-order chi connectivity index (χ0) is 14.6. The van der Waals surface area contributed by atoms with Crippen molar-refractivity contribution in [3.63, 3.8) is 0 Å². The Morgan fingerprint density at radius 3 is 3.05 bits per heavy atom. The normalized spacial score (nSPS) is 33.2.